The van der Waals surface area contributed by atoms with Crippen LogP contribution in [-0.4, -0.2) is 19.0 Å². The van der Waals surface area contributed by atoms with Crippen molar-refractivity contribution in [2.45, 2.75) is 6.42 Å². The highest BCUT2D eigenvalue weighted by atomic mass is 79.9. The largest absolute Gasteiger partial charge is 0.352 e. The van der Waals surface area contributed by atoms with Gasteiger partial charge in [-0.05, 0) is 47.1 Å². The molecule has 0 saturated heterocycles. The second-order valence-electron chi connectivity index (χ2n) is 3.02. The van der Waals surface area contributed by atoms with Crippen molar-refractivity contribution >= 4 is 45.8 Å². The summed E-state index contributed by atoms with van der Waals surface area (Å²) in [5.74, 6) is -0.141. The van der Waals surface area contributed by atoms with Gasteiger partial charge in [-0.1, -0.05) is 11.6 Å². The summed E-state index contributed by atoms with van der Waals surface area (Å²) in [5, 5.41) is 3.30. The molecule has 0 spiro atoms. The Morgan fingerprint density at radius 1 is 1.50 bits per heavy atom. The van der Waals surface area contributed by atoms with E-state index in [1.807, 2.05) is 0 Å². The molecule has 3 nitrogen and oxygen atoms in total. The van der Waals surface area contributed by atoms with Crippen molar-refractivity contribution < 1.29 is 4.79 Å². The third-order valence-corrected chi connectivity index (χ3v) is 2.77. The van der Waals surface area contributed by atoms with Crippen LogP contribution in [0.5, 0.6) is 0 Å². The predicted molar refractivity (Wildman–Crippen MR) is 72.4 cm³/mol. The van der Waals surface area contributed by atoms with Crippen molar-refractivity contribution in [1.82, 2.24) is 5.32 Å². The first kappa shape index (κ1) is 15.7. The van der Waals surface area contributed by atoms with Crippen LogP contribution >= 0.6 is 39.9 Å². The topological polar surface area (TPSA) is 55.1 Å². The number of nitrogens with two attached hydrogens (primary N) is 1. The van der Waals surface area contributed by atoms with Crippen LogP contribution in [0, 0.1) is 0 Å². The lowest BCUT2D eigenvalue weighted by atomic mass is 10.2. The molecule has 3 N–H and O–H groups in total. The Bertz CT molecular complexity index is 361. The van der Waals surface area contributed by atoms with E-state index in [1.165, 1.54) is 0 Å². The summed E-state index contributed by atoms with van der Waals surface area (Å²) in [7, 11) is 0. The molecule has 0 aromatic heterocycles. The minimum atomic E-state index is -0.141. The van der Waals surface area contributed by atoms with Crippen molar-refractivity contribution in [3.8, 4) is 0 Å². The third-order valence-electron chi connectivity index (χ3n) is 1.84. The van der Waals surface area contributed by atoms with E-state index in [1.54, 1.807) is 18.2 Å². The summed E-state index contributed by atoms with van der Waals surface area (Å²) >= 11 is 9.10. The quantitative estimate of drug-likeness (QED) is 0.835. The van der Waals surface area contributed by atoms with Gasteiger partial charge in [0, 0.05) is 16.0 Å². The molecule has 0 aliphatic rings. The smallest absolute Gasteiger partial charge is 0.252 e. The van der Waals surface area contributed by atoms with E-state index in [0.717, 1.165) is 10.9 Å². The fraction of sp³-hybridized carbons (Fsp3) is 0.300. The van der Waals surface area contributed by atoms with Gasteiger partial charge >= 0.3 is 0 Å². The van der Waals surface area contributed by atoms with Gasteiger partial charge in [0.15, 0.2) is 0 Å². The number of benzene rings is 1. The minimum Gasteiger partial charge on any atom is -0.352 e. The van der Waals surface area contributed by atoms with Crippen LogP contribution in [0.15, 0.2) is 22.7 Å². The number of halogens is 3. The van der Waals surface area contributed by atoms with Gasteiger partial charge in [0.25, 0.3) is 5.91 Å². The Hall–Kier alpha value is -0.290. The Morgan fingerprint density at radius 2 is 2.19 bits per heavy atom. The van der Waals surface area contributed by atoms with Crippen LogP contribution in [0.25, 0.3) is 0 Å². The molecule has 0 aliphatic carbocycles. The van der Waals surface area contributed by atoms with Gasteiger partial charge in [0.05, 0.1) is 5.56 Å². The normalized spacial score (nSPS) is 9.44. The van der Waals surface area contributed by atoms with E-state index in [-0.39, 0.29) is 18.3 Å². The summed E-state index contributed by atoms with van der Waals surface area (Å²) in [6.07, 6.45) is 0.768. The predicted octanol–water partition coefficient (Wildman–Crippen LogP) is 2.60. The van der Waals surface area contributed by atoms with Crippen LogP contribution in [0.4, 0.5) is 0 Å². The van der Waals surface area contributed by atoms with Crippen LogP contribution < -0.4 is 11.1 Å². The van der Waals surface area contributed by atoms with Crippen molar-refractivity contribution in [3.63, 3.8) is 0 Å². The molecule has 0 bridgehead atoms. The summed E-state index contributed by atoms with van der Waals surface area (Å²) in [4.78, 5) is 11.7. The van der Waals surface area contributed by atoms with E-state index in [2.05, 4.69) is 21.2 Å². The van der Waals surface area contributed by atoms with Gasteiger partial charge in [0.1, 0.15) is 0 Å². The van der Waals surface area contributed by atoms with Crippen molar-refractivity contribution in [1.29, 1.82) is 0 Å². The summed E-state index contributed by atoms with van der Waals surface area (Å²) in [5.41, 5.74) is 5.87. The Kier molecular flexibility index (Phi) is 7.76. The molecule has 1 rings (SSSR count). The zero-order valence-corrected chi connectivity index (χ0v) is 11.7. The van der Waals surface area contributed by atoms with Gasteiger partial charge in [-0.15, -0.1) is 12.4 Å². The van der Waals surface area contributed by atoms with Crippen LogP contribution in [0.3, 0.4) is 0 Å². The number of carbonyl (C=O) groups is 1. The molecule has 1 aromatic carbocycles. The van der Waals surface area contributed by atoms with Crippen LogP contribution in [0.2, 0.25) is 5.02 Å². The maximum atomic E-state index is 11.7. The molecule has 16 heavy (non-hydrogen) atoms. The molecule has 1 aromatic rings. The Morgan fingerprint density at radius 3 is 2.81 bits per heavy atom. The fourth-order valence-corrected chi connectivity index (χ4v) is 1.67. The Balaban J connectivity index is 0.00000225. The summed E-state index contributed by atoms with van der Waals surface area (Å²) < 4.78 is 0.733. The van der Waals surface area contributed by atoms with Gasteiger partial charge in [-0.2, -0.15) is 0 Å². The molecule has 0 fully saturated rings. The molecule has 6 heteroatoms. The lowest BCUT2D eigenvalue weighted by Crippen LogP contribution is -2.26. The number of hydrogen-bond donors (Lipinski definition) is 2. The van der Waals surface area contributed by atoms with E-state index in [9.17, 15) is 4.79 Å². The van der Waals surface area contributed by atoms with Crippen molar-refractivity contribution in [2.24, 2.45) is 5.73 Å². The van der Waals surface area contributed by atoms with Crippen LogP contribution in [0.1, 0.15) is 16.8 Å². The highest BCUT2D eigenvalue weighted by Crippen LogP contribution is 2.20. The minimum absolute atomic E-state index is 0. The van der Waals surface area contributed by atoms with Crippen molar-refractivity contribution in [2.75, 3.05) is 13.1 Å². The fourth-order valence-electron chi connectivity index (χ4n) is 1.07. The second kappa shape index (κ2) is 7.90. The monoisotopic (exact) mass is 326 g/mol. The Labute approximate surface area is 114 Å². The summed E-state index contributed by atoms with van der Waals surface area (Å²) in [6, 6.07) is 5.10. The molecular weight excluding hydrogens is 315 g/mol. The molecule has 0 saturated carbocycles. The third kappa shape index (κ3) is 4.70. The lowest BCUT2D eigenvalue weighted by Gasteiger charge is -2.06. The van der Waals surface area contributed by atoms with E-state index in [4.69, 9.17) is 17.3 Å². The number of rotatable bonds is 4. The highest BCUT2D eigenvalue weighted by Gasteiger charge is 2.09. The van der Waals surface area contributed by atoms with Gasteiger partial charge in [-0.3, -0.25) is 4.79 Å². The molecule has 0 unspecified atom stereocenters. The molecule has 0 radical (unpaired) electrons. The first-order valence-electron chi connectivity index (χ1n) is 4.58. The SMILES string of the molecule is Cl.NCCCNC(=O)c1cc(Cl)ccc1Br. The van der Waals surface area contributed by atoms with Gasteiger partial charge < -0.3 is 11.1 Å². The standard InChI is InChI=1S/C10H12BrClN2O.ClH/c11-9-3-2-7(12)6-8(9)10(15)14-5-1-4-13;/h2-3,6H,1,4-5,13H2,(H,14,15);1H. The molecule has 1 amide bonds. The number of hydrogen-bond acceptors (Lipinski definition) is 2. The van der Waals surface area contributed by atoms with Crippen molar-refractivity contribution in [3.05, 3.63) is 33.3 Å². The van der Waals surface area contributed by atoms with E-state index in [0.29, 0.717) is 23.7 Å². The molecule has 0 heterocycles. The molecule has 0 atom stereocenters. The highest BCUT2D eigenvalue weighted by molar-refractivity contribution is 9.10. The first-order chi connectivity index (χ1) is 7.15. The zero-order valence-electron chi connectivity index (χ0n) is 8.50. The zero-order chi connectivity index (χ0) is 11.3. The number of amides is 1. The molecule has 0 aliphatic heterocycles. The van der Waals surface area contributed by atoms with Gasteiger partial charge in [-0.25, -0.2) is 0 Å². The number of nitrogens with one attached hydrogen (secondary N) is 1. The maximum absolute atomic E-state index is 11.7. The van der Waals surface area contributed by atoms with E-state index >= 15 is 0 Å². The summed E-state index contributed by atoms with van der Waals surface area (Å²) in [6.45, 7) is 1.14. The number of carbonyl (C=O) groups excluding carboxylic acids is 1. The van der Waals surface area contributed by atoms with E-state index < -0.39 is 0 Å². The second-order valence-corrected chi connectivity index (χ2v) is 4.31. The molecular formula is C10H13BrCl2N2O. The van der Waals surface area contributed by atoms with Gasteiger partial charge in [0.2, 0.25) is 0 Å². The average Bonchev–Trinajstić information content (AvgIpc) is 2.22. The lowest BCUT2D eigenvalue weighted by molar-refractivity contribution is 0.0952. The average molecular weight is 328 g/mol. The van der Waals surface area contributed by atoms with Crippen LogP contribution in [-0.2, 0) is 0 Å². The first-order valence-corrected chi connectivity index (χ1v) is 5.75. The maximum Gasteiger partial charge on any atom is 0.252 e. The molecule has 90 valence electrons.